The molecule has 1 aliphatic heterocycles. The Hall–Kier alpha value is -1.17. The van der Waals surface area contributed by atoms with E-state index in [1.807, 2.05) is 11.8 Å². The standard InChI is InChI=1S/C9H14N4OS/c10-7-5-12-13-8(7)9(14)11-4-6-2-1-3-15-6/h5-6H,1-4,10H2,(H,11,14)(H,12,13). The molecule has 1 amide bonds. The topological polar surface area (TPSA) is 83.8 Å². The number of nitrogens with one attached hydrogen (secondary N) is 2. The second-order valence-corrected chi connectivity index (χ2v) is 4.95. The predicted octanol–water partition coefficient (Wildman–Crippen LogP) is 0.617. The fourth-order valence-electron chi connectivity index (χ4n) is 1.58. The van der Waals surface area contributed by atoms with Gasteiger partial charge in [0.25, 0.3) is 5.91 Å². The molecule has 5 nitrogen and oxygen atoms in total. The summed E-state index contributed by atoms with van der Waals surface area (Å²) in [6.45, 7) is 0.710. The van der Waals surface area contributed by atoms with Crippen molar-refractivity contribution >= 4 is 23.4 Å². The Morgan fingerprint density at radius 1 is 1.80 bits per heavy atom. The molecule has 0 saturated carbocycles. The summed E-state index contributed by atoms with van der Waals surface area (Å²) in [4.78, 5) is 11.6. The molecule has 4 N–H and O–H groups in total. The van der Waals surface area contributed by atoms with Crippen LogP contribution in [0.2, 0.25) is 0 Å². The van der Waals surface area contributed by atoms with Gasteiger partial charge in [0.15, 0.2) is 0 Å². The number of hydrogen-bond donors (Lipinski definition) is 3. The molecule has 2 rings (SSSR count). The first-order valence-corrected chi connectivity index (χ1v) is 6.01. The number of aromatic nitrogens is 2. The number of carbonyl (C=O) groups excluding carboxylic acids is 1. The number of amides is 1. The average molecular weight is 226 g/mol. The van der Waals surface area contributed by atoms with Gasteiger partial charge in [0.2, 0.25) is 0 Å². The Morgan fingerprint density at radius 3 is 3.27 bits per heavy atom. The Labute approximate surface area is 92.2 Å². The van der Waals surface area contributed by atoms with Crippen molar-refractivity contribution in [3.63, 3.8) is 0 Å². The predicted molar refractivity (Wildman–Crippen MR) is 60.8 cm³/mol. The van der Waals surface area contributed by atoms with Gasteiger partial charge in [-0.3, -0.25) is 9.89 Å². The number of nitrogen functional groups attached to an aromatic ring is 1. The fourth-order valence-corrected chi connectivity index (χ4v) is 2.78. The number of nitrogens with zero attached hydrogens (tertiary/aromatic N) is 1. The molecule has 15 heavy (non-hydrogen) atoms. The lowest BCUT2D eigenvalue weighted by molar-refractivity contribution is 0.0949. The van der Waals surface area contributed by atoms with E-state index in [0.717, 1.165) is 0 Å². The third kappa shape index (κ3) is 2.44. The highest BCUT2D eigenvalue weighted by Crippen LogP contribution is 2.25. The van der Waals surface area contributed by atoms with Crippen molar-refractivity contribution in [1.29, 1.82) is 0 Å². The lowest BCUT2D eigenvalue weighted by Gasteiger charge is -2.09. The van der Waals surface area contributed by atoms with E-state index in [9.17, 15) is 4.79 Å². The lowest BCUT2D eigenvalue weighted by Crippen LogP contribution is -2.30. The van der Waals surface area contributed by atoms with Gasteiger partial charge in [-0.1, -0.05) is 0 Å². The normalized spacial score (nSPS) is 20.4. The number of hydrogen-bond acceptors (Lipinski definition) is 4. The number of H-pyrrole nitrogens is 1. The summed E-state index contributed by atoms with van der Waals surface area (Å²) < 4.78 is 0. The minimum Gasteiger partial charge on any atom is -0.396 e. The highest BCUT2D eigenvalue weighted by Gasteiger charge is 2.18. The lowest BCUT2D eigenvalue weighted by atomic mass is 10.2. The van der Waals surface area contributed by atoms with Crippen molar-refractivity contribution in [3.05, 3.63) is 11.9 Å². The molecular formula is C9H14N4OS. The van der Waals surface area contributed by atoms with Gasteiger partial charge in [-0.2, -0.15) is 16.9 Å². The summed E-state index contributed by atoms with van der Waals surface area (Å²) in [6, 6.07) is 0. The van der Waals surface area contributed by atoms with Crippen molar-refractivity contribution in [1.82, 2.24) is 15.5 Å². The van der Waals surface area contributed by atoms with Crippen molar-refractivity contribution in [2.45, 2.75) is 18.1 Å². The molecule has 1 atom stereocenters. The zero-order chi connectivity index (χ0) is 10.7. The van der Waals surface area contributed by atoms with Gasteiger partial charge in [0, 0.05) is 11.8 Å². The molecule has 0 radical (unpaired) electrons. The van der Waals surface area contributed by atoms with Crippen molar-refractivity contribution in [3.8, 4) is 0 Å². The van der Waals surface area contributed by atoms with Gasteiger partial charge in [-0.05, 0) is 18.6 Å². The maximum Gasteiger partial charge on any atom is 0.271 e. The average Bonchev–Trinajstić information content (AvgIpc) is 2.84. The largest absolute Gasteiger partial charge is 0.396 e. The molecule has 0 aliphatic carbocycles. The highest BCUT2D eigenvalue weighted by molar-refractivity contribution is 8.00. The van der Waals surface area contributed by atoms with Crippen LogP contribution in [-0.2, 0) is 0 Å². The third-order valence-corrected chi connectivity index (χ3v) is 3.81. The molecule has 2 heterocycles. The quantitative estimate of drug-likeness (QED) is 0.705. The van der Waals surface area contributed by atoms with Gasteiger partial charge in [0.1, 0.15) is 5.69 Å². The monoisotopic (exact) mass is 226 g/mol. The maximum atomic E-state index is 11.6. The van der Waals surface area contributed by atoms with Crippen LogP contribution in [0.1, 0.15) is 23.3 Å². The highest BCUT2D eigenvalue weighted by atomic mass is 32.2. The molecule has 1 unspecified atom stereocenters. The summed E-state index contributed by atoms with van der Waals surface area (Å²) in [5.74, 6) is 1.03. The molecule has 6 heteroatoms. The number of aromatic amines is 1. The van der Waals surface area contributed by atoms with Crippen molar-refractivity contribution in [2.24, 2.45) is 0 Å². The first-order valence-electron chi connectivity index (χ1n) is 4.96. The van der Waals surface area contributed by atoms with E-state index in [-0.39, 0.29) is 5.91 Å². The van der Waals surface area contributed by atoms with Crippen LogP contribution < -0.4 is 11.1 Å². The van der Waals surface area contributed by atoms with Crippen LogP contribution in [0.4, 0.5) is 5.69 Å². The second kappa shape index (κ2) is 4.57. The first kappa shape index (κ1) is 10.4. The molecule has 0 aromatic carbocycles. The SMILES string of the molecule is Nc1cn[nH]c1C(=O)NCC1CCCS1. The summed E-state index contributed by atoms with van der Waals surface area (Å²) in [5.41, 5.74) is 6.32. The molecule has 82 valence electrons. The van der Waals surface area contributed by atoms with Gasteiger partial charge >= 0.3 is 0 Å². The smallest absolute Gasteiger partial charge is 0.271 e. The molecular weight excluding hydrogens is 212 g/mol. The van der Waals surface area contributed by atoms with E-state index >= 15 is 0 Å². The Kier molecular flexibility index (Phi) is 3.15. The van der Waals surface area contributed by atoms with E-state index in [0.29, 0.717) is 23.2 Å². The second-order valence-electron chi connectivity index (χ2n) is 3.55. The summed E-state index contributed by atoms with van der Waals surface area (Å²) in [5, 5.41) is 9.70. The van der Waals surface area contributed by atoms with Gasteiger partial charge in [-0.15, -0.1) is 0 Å². The molecule has 1 saturated heterocycles. The van der Waals surface area contributed by atoms with Crippen LogP contribution in [-0.4, -0.2) is 33.7 Å². The van der Waals surface area contributed by atoms with E-state index in [2.05, 4.69) is 15.5 Å². The van der Waals surface area contributed by atoms with Crippen LogP contribution in [0, 0.1) is 0 Å². The van der Waals surface area contributed by atoms with Gasteiger partial charge in [0.05, 0.1) is 11.9 Å². The Morgan fingerprint density at radius 2 is 2.67 bits per heavy atom. The summed E-state index contributed by atoms with van der Waals surface area (Å²) in [6.07, 6.45) is 3.88. The van der Waals surface area contributed by atoms with E-state index in [4.69, 9.17) is 5.73 Å². The van der Waals surface area contributed by atoms with Crippen LogP contribution in [0.3, 0.4) is 0 Å². The van der Waals surface area contributed by atoms with Crippen LogP contribution >= 0.6 is 11.8 Å². The third-order valence-electron chi connectivity index (χ3n) is 2.41. The van der Waals surface area contributed by atoms with Crippen LogP contribution in [0.25, 0.3) is 0 Å². The molecule has 0 spiro atoms. The Balaban J connectivity index is 1.84. The summed E-state index contributed by atoms with van der Waals surface area (Å²) in [7, 11) is 0. The Bertz CT molecular complexity index is 346. The number of anilines is 1. The molecule has 1 aromatic rings. The van der Waals surface area contributed by atoms with Crippen molar-refractivity contribution in [2.75, 3.05) is 18.0 Å². The van der Waals surface area contributed by atoms with E-state index < -0.39 is 0 Å². The fraction of sp³-hybridized carbons (Fsp3) is 0.556. The van der Waals surface area contributed by atoms with Gasteiger partial charge < -0.3 is 11.1 Å². The minimum atomic E-state index is -0.169. The summed E-state index contributed by atoms with van der Waals surface area (Å²) >= 11 is 1.91. The van der Waals surface area contributed by atoms with Gasteiger partial charge in [-0.25, -0.2) is 0 Å². The van der Waals surface area contributed by atoms with E-state index in [1.165, 1.54) is 24.8 Å². The van der Waals surface area contributed by atoms with Crippen LogP contribution in [0.15, 0.2) is 6.20 Å². The number of thioether (sulfide) groups is 1. The molecule has 1 fully saturated rings. The minimum absolute atomic E-state index is 0.169. The van der Waals surface area contributed by atoms with E-state index in [1.54, 1.807) is 0 Å². The molecule has 1 aliphatic rings. The number of carbonyl (C=O) groups is 1. The zero-order valence-electron chi connectivity index (χ0n) is 8.32. The van der Waals surface area contributed by atoms with Crippen molar-refractivity contribution < 1.29 is 4.79 Å². The zero-order valence-corrected chi connectivity index (χ0v) is 9.14. The number of rotatable bonds is 3. The van der Waals surface area contributed by atoms with Crippen LogP contribution in [0.5, 0.6) is 0 Å². The molecule has 0 bridgehead atoms. The maximum absolute atomic E-state index is 11.6. The molecule has 1 aromatic heterocycles. The number of nitrogens with two attached hydrogens (primary N) is 1. The first-order chi connectivity index (χ1) is 7.27.